The van der Waals surface area contributed by atoms with E-state index in [1.165, 1.54) is 6.07 Å². The van der Waals surface area contributed by atoms with Crippen molar-refractivity contribution in [1.29, 1.82) is 0 Å². The van der Waals surface area contributed by atoms with Crippen LogP contribution in [0.5, 0.6) is 0 Å². The van der Waals surface area contributed by atoms with Crippen LogP contribution in [0.1, 0.15) is 0 Å². The van der Waals surface area contributed by atoms with Gasteiger partial charge in [0.1, 0.15) is 11.5 Å². The minimum atomic E-state index is -0.440. The van der Waals surface area contributed by atoms with Gasteiger partial charge in [-0.2, -0.15) is 0 Å². The van der Waals surface area contributed by atoms with Crippen molar-refractivity contribution in [3.05, 3.63) is 65.6 Å². The average molecular weight is 317 g/mol. The number of nitrogens with one attached hydrogen (secondary N) is 1. The Balaban J connectivity index is 1.62. The summed E-state index contributed by atoms with van der Waals surface area (Å²) in [5, 5.41) is 11.5. The third kappa shape index (κ3) is 3.43. The van der Waals surface area contributed by atoms with Gasteiger partial charge in [0, 0.05) is 17.8 Å². The maximum atomic E-state index is 13.2. The molecule has 0 radical (unpaired) electrons. The molecule has 0 bridgehead atoms. The lowest BCUT2D eigenvalue weighted by Crippen LogP contribution is -2.10. The highest BCUT2D eigenvalue weighted by atomic mass is 35.5. The number of aromatic nitrogens is 3. The van der Waals surface area contributed by atoms with Crippen LogP contribution in [0.3, 0.4) is 0 Å². The Morgan fingerprint density at radius 3 is 2.73 bits per heavy atom. The van der Waals surface area contributed by atoms with Gasteiger partial charge in [0.2, 0.25) is 0 Å². The first kappa shape index (κ1) is 14.5. The van der Waals surface area contributed by atoms with Crippen molar-refractivity contribution in [2.24, 2.45) is 0 Å². The van der Waals surface area contributed by atoms with E-state index in [-0.39, 0.29) is 5.02 Å². The molecule has 4 nitrogen and oxygen atoms in total. The number of para-hydroxylation sites is 1. The Labute approximate surface area is 132 Å². The topological polar surface area (TPSA) is 42.7 Å². The molecular formula is C16H14ClFN4. The molecule has 0 saturated carbocycles. The van der Waals surface area contributed by atoms with Crippen LogP contribution in [-0.2, 0) is 6.54 Å². The monoisotopic (exact) mass is 316 g/mol. The number of halogens is 2. The molecule has 6 heteroatoms. The highest BCUT2D eigenvalue weighted by Crippen LogP contribution is 2.22. The minimum absolute atomic E-state index is 0.0813. The number of anilines is 1. The van der Waals surface area contributed by atoms with Crippen LogP contribution in [-0.4, -0.2) is 21.5 Å². The largest absolute Gasteiger partial charge is 0.383 e. The Morgan fingerprint density at radius 1 is 1.14 bits per heavy atom. The van der Waals surface area contributed by atoms with Crippen molar-refractivity contribution in [3.8, 4) is 11.3 Å². The molecule has 0 aliphatic heterocycles. The molecule has 0 amide bonds. The summed E-state index contributed by atoms with van der Waals surface area (Å²) in [4.78, 5) is 0. The van der Waals surface area contributed by atoms with Gasteiger partial charge in [-0.3, -0.25) is 4.68 Å². The predicted molar refractivity (Wildman–Crippen MR) is 85.4 cm³/mol. The highest BCUT2D eigenvalue weighted by molar-refractivity contribution is 6.31. The smallest absolute Gasteiger partial charge is 0.141 e. The van der Waals surface area contributed by atoms with Gasteiger partial charge in [-0.1, -0.05) is 35.0 Å². The molecule has 112 valence electrons. The van der Waals surface area contributed by atoms with Gasteiger partial charge in [-0.25, -0.2) is 4.39 Å². The minimum Gasteiger partial charge on any atom is -0.383 e. The van der Waals surface area contributed by atoms with Crippen LogP contribution in [0, 0.1) is 5.82 Å². The zero-order valence-electron chi connectivity index (χ0n) is 11.7. The quantitative estimate of drug-likeness (QED) is 0.777. The van der Waals surface area contributed by atoms with Crippen LogP contribution in [0.25, 0.3) is 11.3 Å². The number of rotatable bonds is 5. The number of benzene rings is 2. The molecule has 0 aliphatic rings. The van der Waals surface area contributed by atoms with Crippen LogP contribution in [0.4, 0.5) is 10.1 Å². The number of nitrogens with zero attached hydrogens (tertiary/aromatic N) is 3. The molecule has 1 heterocycles. The summed E-state index contributed by atoms with van der Waals surface area (Å²) in [5.41, 5.74) is 2.48. The van der Waals surface area contributed by atoms with E-state index in [0.29, 0.717) is 12.2 Å². The van der Waals surface area contributed by atoms with Gasteiger partial charge >= 0.3 is 0 Å². The standard InChI is InChI=1S/C16H14ClFN4/c17-14-10-12(6-7-15(14)18)16-11-22(21-20-16)9-8-19-13-4-2-1-3-5-13/h1-7,10-11,19H,8-9H2. The van der Waals surface area contributed by atoms with E-state index < -0.39 is 5.82 Å². The van der Waals surface area contributed by atoms with Crippen molar-refractivity contribution < 1.29 is 4.39 Å². The van der Waals surface area contributed by atoms with Crippen LogP contribution in [0.2, 0.25) is 5.02 Å². The molecule has 0 unspecified atom stereocenters. The summed E-state index contributed by atoms with van der Waals surface area (Å²) in [5.74, 6) is -0.440. The molecule has 1 aromatic heterocycles. The summed E-state index contributed by atoms with van der Waals surface area (Å²) in [6.07, 6.45) is 1.82. The second-order valence-electron chi connectivity index (χ2n) is 4.79. The molecular weight excluding hydrogens is 303 g/mol. The van der Waals surface area contributed by atoms with Crippen molar-refractivity contribution in [2.45, 2.75) is 6.54 Å². The molecule has 0 fully saturated rings. The Bertz CT molecular complexity index is 758. The molecule has 3 aromatic rings. The van der Waals surface area contributed by atoms with E-state index in [2.05, 4.69) is 15.6 Å². The fourth-order valence-electron chi connectivity index (χ4n) is 2.07. The first-order valence-corrected chi connectivity index (χ1v) is 7.24. The van der Waals surface area contributed by atoms with E-state index in [1.54, 1.807) is 16.8 Å². The summed E-state index contributed by atoms with van der Waals surface area (Å²) < 4.78 is 14.9. The van der Waals surface area contributed by atoms with Crippen molar-refractivity contribution in [1.82, 2.24) is 15.0 Å². The fourth-order valence-corrected chi connectivity index (χ4v) is 2.25. The lowest BCUT2D eigenvalue weighted by molar-refractivity contribution is 0.609. The molecule has 0 saturated heterocycles. The van der Waals surface area contributed by atoms with Crippen LogP contribution < -0.4 is 5.32 Å². The van der Waals surface area contributed by atoms with Gasteiger partial charge in [-0.15, -0.1) is 5.10 Å². The highest BCUT2D eigenvalue weighted by Gasteiger charge is 2.07. The number of hydrogen-bond donors (Lipinski definition) is 1. The van der Waals surface area contributed by atoms with Crippen molar-refractivity contribution in [3.63, 3.8) is 0 Å². The summed E-state index contributed by atoms with van der Waals surface area (Å²) in [7, 11) is 0. The van der Waals surface area contributed by atoms with E-state index in [9.17, 15) is 4.39 Å². The molecule has 0 atom stereocenters. The van der Waals surface area contributed by atoms with E-state index in [1.807, 2.05) is 36.5 Å². The molecule has 0 spiro atoms. The molecule has 1 N–H and O–H groups in total. The Morgan fingerprint density at radius 2 is 1.95 bits per heavy atom. The maximum absolute atomic E-state index is 13.2. The molecule has 22 heavy (non-hydrogen) atoms. The van der Waals surface area contributed by atoms with E-state index >= 15 is 0 Å². The number of hydrogen-bond acceptors (Lipinski definition) is 3. The third-order valence-electron chi connectivity index (χ3n) is 3.20. The van der Waals surface area contributed by atoms with Gasteiger partial charge in [0.05, 0.1) is 17.8 Å². The van der Waals surface area contributed by atoms with Gasteiger partial charge in [-0.05, 0) is 30.3 Å². The lowest BCUT2D eigenvalue weighted by atomic mass is 10.2. The van der Waals surface area contributed by atoms with Gasteiger partial charge in [0.15, 0.2) is 0 Å². The van der Waals surface area contributed by atoms with Crippen LogP contribution in [0.15, 0.2) is 54.7 Å². The van der Waals surface area contributed by atoms with Crippen molar-refractivity contribution >= 4 is 17.3 Å². The molecule has 0 aliphatic carbocycles. The summed E-state index contributed by atoms with van der Waals surface area (Å²) >= 11 is 5.78. The summed E-state index contributed by atoms with van der Waals surface area (Å²) in [6, 6.07) is 14.5. The fraction of sp³-hybridized carbons (Fsp3) is 0.125. The Kier molecular flexibility index (Phi) is 4.34. The molecule has 2 aromatic carbocycles. The first-order chi connectivity index (χ1) is 10.7. The normalized spacial score (nSPS) is 10.6. The van der Waals surface area contributed by atoms with Gasteiger partial charge in [0.25, 0.3) is 0 Å². The second-order valence-corrected chi connectivity index (χ2v) is 5.20. The Hall–Kier alpha value is -2.40. The maximum Gasteiger partial charge on any atom is 0.141 e. The van der Waals surface area contributed by atoms with Gasteiger partial charge < -0.3 is 5.32 Å². The SMILES string of the molecule is Fc1ccc(-c2cn(CCNc3ccccc3)nn2)cc1Cl. The zero-order valence-corrected chi connectivity index (χ0v) is 12.5. The lowest BCUT2D eigenvalue weighted by Gasteiger charge is -2.05. The van der Waals surface area contributed by atoms with E-state index in [0.717, 1.165) is 17.8 Å². The average Bonchev–Trinajstić information content (AvgIpc) is 3.00. The first-order valence-electron chi connectivity index (χ1n) is 6.87. The summed E-state index contributed by atoms with van der Waals surface area (Å²) in [6.45, 7) is 1.41. The van der Waals surface area contributed by atoms with Crippen molar-refractivity contribution in [2.75, 3.05) is 11.9 Å². The second kappa shape index (κ2) is 6.58. The third-order valence-corrected chi connectivity index (χ3v) is 3.49. The molecule has 3 rings (SSSR count). The van der Waals surface area contributed by atoms with E-state index in [4.69, 9.17) is 11.6 Å². The predicted octanol–water partition coefficient (Wildman–Crippen LogP) is 3.85. The van der Waals surface area contributed by atoms with Crippen LogP contribution >= 0.6 is 11.6 Å². The zero-order chi connectivity index (χ0) is 15.4.